The first-order valence-electron chi connectivity index (χ1n) is 9.90. The van der Waals surface area contributed by atoms with Crippen LogP contribution in [0.5, 0.6) is 5.75 Å². The van der Waals surface area contributed by atoms with Crippen molar-refractivity contribution in [1.29, 1.82) is 0 Å². The van der Waals surface area contributed by atoms with Crippen LogP contribution >= 0.6 is 0 Å². The fourth-order valence-electron chi connectivity index (χ4n) is 3.41. The minimum absolute atomic E-state index is 0.0520. The molecule has 0 unspecified atom stereocenters. The van der Waals surface area contributed by atoms with Crippen LogP contribution in [0.2, 0.25) is 0 Å². The molecule has 166 valence electrons. The van der Waals surface area contributed by atoms with Crippen molar-refractivity contribution < 1.29 is 29.0 Å². The van der Waals surface area contributed by atoms with E-state index in [0.29, 0.717) is 28.0 Å². The van der Waals surface area contributed by atoms with Crippen molar-refractivity contribution in [2.75, 3.05) is 12.4 Å². The van der Waals surface area contributed by atoms with Gasteiger partial charge in [0, 0.05) is 11.6 Å². The molecular formula is C25H19NO7. The number of carboxylic acids is 1. The molecule has 8 heteroatoms. The van der Waals surface area contributed by atoms with E-state index in [2.05, 4.69) is 5.32 Å². The van der Waals surface area contributed by atoms with Gasteiger partial charge in [-0.15, -0.1) is 0 Å². The maximum atomic E-state index is 12.9. The van der Waals surface area contributed by atoms with Gasteiger partial charge < -0.3 is 24.7 Å². The summed E-state index contributed by atoms with van der Waals surface area (Å²) in [7, 11) is 1.51. The zero-order chi connectivity index (χ0) is 23.5. The number of rotatable bonds is 6. The van der Waals surface area contributed by atoms with E-state index in [1.165, 1.54) is 7.11 Å². The molecule has 8 nitrogen and oxygen atoms in total. The first-order chi connectivity index (χ1) is 15.9. The molecule has 4 aromatic rings. The number of benzene rings is 3. The van der Waals surface area contributed by atoms with E-state index in [1.807, 2.05) is 0 Å². The molecule has 33 heavy (non-hydrogen) atoms. The van der Waals surface area contributed by atoms with Crippen LogP contribution < -0.4 is 15.5 Å². The third-order valence-corrected chi connectivity index (χ3v) is 5.08. The molecule has 0 radical (unpaired) electrons. The molecule has 0 spiro atoms. The summed E-state index contributed by atoms with van der Waals surface area (Å²) >= 11 is 0. The molecule has 4 rings (SSSR count). The highest BCUT2D eigenvalue weighted by Crippen LogP contribution is 2.31. The second-order valence-corrected chi connectivity index (χ2v) is 7.22. The first-order valence-corrected chi connectivity index (χ1v) is 9.90. The van der Waals surface area contributed by atoms with E-state index >= 15 is 0 Å². The average Bonchev–Trinajstić information content (AvgIpc) is 2.84. The van der Waals surface area contributed by atoms with Gasteiger partial charge in [-0.3, -0.25) is 9.59 Å². The minimum Gasteiger partial charge on any atom is -0.497 e. The summed E-state index contributed by atoms with van der Waals surface area (Å²) in [5, 5.41) is 21.6. The Morgan fingerprint density at radius 3 is 2.42 bits per heavy atom. The predicted molar refractivity (Wildman–Crippen MR) is 122 cm³/mol. The number of carboxylic acid groups (broad SMARTS) is 1. The second-order valence-electron chi connectivity index (χ2n) is 7.22. The van der Waals surface area contributed by atoms with E-state index in [4.69, 9.17) is 9.15 Å². The quantitative estimate of drug-likeness (QED) is 0.411. The number of hydrogen-bond acceptors (Lipinski definition) is 6. The van der Waals surface area contributed by atoms with Crippen LogP contribution in [0.15, 0.2) is 75.9 Å². The number of hydrogen-bond donors (Lipinski definition) is 3. The summed E-state index contributed by atoms with van der Waals surface area (Å²) in [6.07, 6.45) is 0. The number of carbonyl (C=O) groups excluding carboxylic acids is 1. The largest absolute Gasteiger partial charge is 0.497 e. The number of ether oxygens (including phenoxy) is 1. The van der Waals surface area contributed by atoms with Crippen LogP contribution in [-0.2, 0) is 6.61 Å². The second kappa shape index (κ2) is 8.97. The van der Waals surface area contributed by atoms with E-state index in [-0.39, 0.29) is 23.3 Å². The lowest BCUT2D eigenvalue weighted by Gasteiger charge is -2.12. The molecule has 0 aliphatic heterocycles. The molecule has 3 aromatic carbocycles. The summed E-state index contributed by atoms with van der Waals surface area (Å²) in [6.45, 7) is -0.160. The number of aromatic carboxylic acids is 1. The van der Waals surface area contributed by atoms with Gasteiger partial charge in [0.15, 0.2) is 11.0 Å². The summed E-state index contributed by atoms with van der Waals surface area (Å²) in [4.78, 5) is 37.0. The Morgan fingerprint density at radius 2 is 1.76 bits per heavy atom. The standard InChI is InChI=1S/C25H19NO7/c1-32-18-7-5-15(6-8-18)24(29)26-20-11-17(16-4-2-3-14(9-16)13-27)10-19-21(28)12-22(25(30)31)33-23(19)20/h2-12,27H,13H2,1H3,(H,26,29)(H,30,31). The molecule has 0 aliphatic carbocycles. The van der Waals surface area contributed by atoms with E-state index in [9.17, 15) is 24.6 Å². The highest BCUT2D eigenvalue weighted by atomic mass is 16.5. The molecule has 0 aliphatic rings. The van der Waals surface area contributed by atoms with Gasteiger partial charge in [0.05, 0.1) is 24.8 Å². The third-order valence-electron chi connectivity index (χ3n) is 5.08. The van der Waals surface area contributed by atoms with Crippen LogP contribution in [0.25, 0.3) is 22.1 Å². The Morgan fingerprint density at radius 1 is 1.00 bits per heavy atom. The molecular weight excluding hydrogens is 426 g/mol. The number of amides is 1. The monoisotopic (exact) mass is 445 g/mol. The zero-order valence-electron chi connectivity index (χ0n) is 17.5. The highest BCUT2D eigenvalue weighted by molar-refractivity contribution is 6.09. The molecule has 1 aromatic heterocycles. The number of carbonyl (C=O) groups is 2. The summed E-state index contributed by atoms with van der Waals surface area (Å²) in [6, 6.07) is 17.5. The predicted octanol–water partition coefficient (Wildman–Crippen LogP) is 3.91. The van der Waals surface area contributed by atoms with Crippen LogP contribution in [0.1, 0.15) is 26.5 Å². The van der Waals surface area contributed by atoms with Gasteiger partial charge in [-0.25, -0.2) is 4.79 Å². The molecule has 1 heterocycles. The number of anilines is 1. The van der Waals surface area contributed by atoms with Crippen molar-refractivity contribution in [3.63, 3.8) is 0 Å². The van der Waals surface area contributed by atoms with Crippen molar-refractivity contribution in [2.45, 2.75) is 6.61 Å². The smallest absolute Gasteiger partial charge is 0.371 e. The van der Waals surface area contributed by atoms with Crippen molar-refractivity contribution >= 4 is 28.5 Å². The van der Waals surface area contributed by atoms with Crippen LogP contribution in [0.3, 0.4) is 0 Å². The van der Waals surface area contributed by atoms with Gasteiger partial charge in [-0.1, -0.05) is 18.2 Å². The highest BCUT2D eigenvalue weighted by Gasteiger charge is 2.18. The third kappa shape index (κ3) is 4.46. The number of fused-ring (bicyclic) bond motifs is 1. The summed E-state index contributed by atoms with van der Waals surface area (Å²) < 4.78 is 10.6. The fraction of sp³-hybridized carbons (Fsp3) is 0.0800. The number of nitrogens with one attached hydrogen (secondary N) is 1. The van der Waals surface area contributed by atoms with Crippen molar-refractivity contribution in [1.82, 2.24) is 0 Å². The van der Waals surface area contributed by atoms with E-state index in [0.717, 1.165) is 6.07 Å². The lowest BCUT2D eigenvalue weighted by atomic mass is 10.00. The normalized spacial score (nSPS) is 10.7. The number of aliphatic hydroxyl groups is 1. The fourth-order valence-corrected chi connectivity index (χ4v) is 3.41. The maximum absolute atomic E-state index is 12.9. The van der Waals surface area contributed by atoms with E-state index < -0.39 is 23.1 Å². The zero-order valence-corrected chi connectivity index (χ0v) is 17.5. The average molecular weight is 445 g/mol. The molecule has 0 saturated carbocycles. The molecule has 0 atom stereocenters. The molecule has 0 bridgehead atoms. The number of methoxy groups -OCH3 is 1. The lowest BCUT2D eigenvalue weighted by molar-refractivity contribution is 0.0663. The lowest BCUT2D eigenvalue weighted by Crippen LogP contribution is -2.14. The first kappa shape index (κ1) is 21.8. The molecule has 0 saturated heterocycles. The van der Waals surface area contributed by atoms with Crippen LogP contribution in [0.4, 0.5) is 5.69 Å². The van der Waals surface area contributed by atoms with Gasteiger partial charge in [0.25, 0.3) is 5.91 Å². The Hall–Kier alpha value is -4.43. The van der Waals surface area contributed by atoms with Gasteiger partial charge in [0.2, 0.25) is 5.76 Å². The van der Waals surface area contributed by atoms with Gasteiger partial charge >= 0.3 is 5.97 Å². The van der Waals surface area contributed by atoms with Crippen molar-refractivity contribution in [3.05, 3.63) is 93.8 Å². The Labute approximate surface area is 187 Å². The molecule has 3 N–H and O–H groups in total. The Bertz CT molecular complexity index is 1420. The van der Waals surface area contributed by atoms with Gasteiger partial charge in [-0.2, -0.15) is 0 Å². The Kier molecular flexibility index (Phi) is 5.93. The summed E-state index contributed by atoms with van der Waals surface area (Å²) in [5.41, 5.74) is 1.80. The molecule has 1 amide bonds. The van der Waals surface area contributed by atoms with Crippen molar-refractivity contribution in [3.8, 4) is 16.9 Å². The maximum Gasteiger partial charge on any atom is 0.371 e. The van der Waals surface area contributed by atoms with Crippen LogP contribution in [-0.4, -0.2) is 29.2 Å². The van der Waals surface area contributed by atoms with Crippen molar-refractivity contribution in [2.24, 2.45) is 0 Å². The number of aliphatic hydroxyl groups excluding tert-OH is 1. The van der Waals surface area contributed by atoms with E-state index in [1.54, 1.807) is 60.7 Å². The SMILES string of the molecule is COc1ccc(C(=O)Nc2cc(-c3cccc(CO)c3)cc3c(=O)cc(C(=O)O)oc23)cc1. The summed E-state index contributed by atoms with van der Waals surface area (Å²) in [5.74, 6) is -1.84. The topological polar surface area (TPSA) is 126 Å². The molecule has 0 fully saturated rings. The Balaban J connectivity index is 1.87. The minimum atomic E-state index is -1.40. The van der Waals surface area contributed by atoms with Crippen LogP contribution in [0, 0.1) is 0 Å². The van der Waals surface area contributed by atoms with Gasteiger partial charge in [-0.05, 0) is 59.2 Å². The van der Waals surface area contributed by atoms with Gasteiger partial charge in [0.1, 0.15) is 5.75 Å².